The Hall–Kier alpha value is -1.07. The van der Waals surface area contributed by atoms with Gasteiger partial charge in [0.25, 0.3) is 5.91 Å². The zero-order valence-electron chi connectivity index (χ0n) is 11.9. The van der Waals surface area contributed by atoms with Crippen LogP contribution in [-0.4, -0.2) is 37.6 Å². The minimum absolute atomic E-state index is 0.0201. The van der Waals surface area contributed by atoms with Gasteiger partial charge in [0.1, 0.15) is 5.75 Å². The lowest BCUT2D eigenvalue weighted by Crippen LogP contribution is -2.36. The molecule has 0 radical (unpaired) electrons. The average molecular weight is 329 g/mol. The minimum atomic E-state index is -0.0201. The van der Waals surface area contributed by atoms with Crippen LogP contribution in [0.2, 0.25) is 0 Å². The molecule has 0 fully saturated rings. The molecule has 0 aliphatic carbocycles. The number of amides is 1. The molecule has 0 heterocycles. The van der Waals surface area contributed by atoms with Crippen LogP contribution >= 0.6 is 15.9 Å². The van der Waals surface area contributed by atoms with Crippen molar-refractivity contribution >= 4 is 21.8 Å². The van der Waals surface area contributed by atoms with Crippen LogP contribution in [0, 0.1) is 0 Å². The van der Waals surface area contributed by atoms with Crippen LogP contribution < -0.4 is 10.1 Å². The van der Waals surface area contributed by atoms with Gasteiger partial charge in [-0.1, -0.05) is 15.9 Å². The second-order valence-electron chi connectivity index (χ2n) is 4.67. The van der Waals surface area contributed by atoms with Gasteiger partial charge >= 0.3 is 0 Å². The SMILES string of the molecule is CNCc1cc(Br)ccc1OCC(=O)N(C)C(C)C. The number of halogens is 1. The van der Waals surface area contributed by atoms with E-state index in [1.54, 1.807) is 11.9 Å². The molecule has 1 aromatic rings. The molecule has 0 aliphatic heterocycles. The molecule has 0 aromatic heterocycles. The molecular formula is C14H21BrN2O2. The molecule has 1 rings (SSSR count). The van der Waals surface area contributed by atoms with E-state index < -0.39 is 0 Å². The Kier molecular flexibility index (Phi) is 6.31. The summed E-state index contributed by atoms with van der Waals surface area (Å²) in [4.78, 5) is 13.5. The Balaban J connectivity index is 2.69. The zero-order valence-corrected chi connectivity index (χ0v) is 13.5. The lowest BCUT2D eigenvalue weighted by molar-refractivity contribution is -0.133. The van der Waals surface area contributed by atoms with Gasteiger partial charge in [-0.3, -0.25) is 4.79 Å². The second kappa shape index (κ2) is 7.50. The topological polar surface area (TPSA) is 41.6 Å². The van der Waals surface area contributed by atoms with Gasteiger partial charge in [0, 0.05) is 29.7 Å². The standard InChI is InChI=1S/C14H21BrN2O2/c1-10(2)17(4)14(18)9-19-13-6-5-12(15)7-11(13)8-16-3/h5-7,10,16H,8-9H2,1-4H3. The highest BCUT2D eigenvalue weighted by molar-refractivity contribution is 9.10. The summed E-state index contributed by atoms with van der Waals surface area (Å²) in [5, 5.41) is 3.08. The number of carbonyl (C=O) groups is 1. The van der Waals surface area contributed by atoms with E-state index in [1.807, 2.05) is 39.1 Å². The molecule has 0 saturated heterocycles. The molecule has 106 valence electrons. The Morgan fingerprint density at radius 3 is 2.74 bits per heavy atom. The first-order valence-corrected chi connectivity index (χ1v) is 7.06. The normalized spacial score (nSPS) is 10.6. The number of rotatable bonds is 6. The van der Waals surface area contributed by atoms with E-state index in [0.29, 0.717) is 6.54 Å². The van der Waals surface area contributed by atoms with Crippen LogP contribution in [-0.2, 0) is 11.3 Å². The molecule has 0 saturated carbocycles. The third kappa shape index (κ3) is 4.84. The summed E-state index contributed by atoms with van der Waals surface area (Å²) in [5.41, 5.74) is 1.02. The van der Waals surface area contributed by atoms with E-state index in [-0.39, 0.29) is 18.6 Å². The van der Waals surface area contributed by atoms with Gasteiger partial charge < -0.3 is 15.0 Å². The maximum Gasteiger partial charge on any atom is 0.260 e. The fourth-order valence-electron chi connectivity index (χ4n) is 1.55. The molecule has 1 amide bonds. The molecular weight excluding hydrogens is 308 g/mol. The average Bonchev–Trinajstić information content (AvgIpc) is 2.36. The molecule has 0 spiro atoms. The van der Waals surface area contributed by atoms with Gasteiger partial charge in [0.2, 0.25) is 0 Å². The number of carbonyl (C=O) groups excluding carboxylic acids is 1. The van der Waals surface area contributed by atoms with E-state index in [4.69, 9.17) is 4.74 Å². The third-order valence-electron chi connectivity index (χ3n) is 2.91. The van der Waals surface area contributed by atoms with Crippen LogP contribution in [0.25, 0.3) is 0 Å². The highest BCUT2D eigenvalue weighted by Crippen LogP contribution is 2.23. The van der Waals surface area contributed by atoms with Crippen molar-refractivity contribution in [1.82, 2.24) is 10.2 Å². The number of hydrogen-bond acceptors (Lipinski definition) is 3. The van der Waals surface area contributed by atoms with Crippen molar-refractivity contribution in [2.45, 2.75) is 26.4 Å². The number of nitrogens with one attached hydrogen (secondary N) is 1. The van der Waals surface area contributed by atoms with E-state index in [9.17, 15) is 4.79 Å². The summed E-state index contributed by atoms with van der Waals surface area (Å²) < 4.78 is 6.62. The van der Waals surface area contributed by atoms with Crippen LogP contribution in [0.4, 0.5) is 0 Å². The van der Waals surface area contributed by atoms with Crippen LogP contribution in [0.5, 0.6) is 5.75 Å². The maximum atomic E-state index is 11.9. The number of hydrogen-bond donors (Lipinski definition) is 1. The first kappa shape index (κ1) is 16.0. The lowest BCUT2D eigenvalue weighted by atomic mass is 10.2. The van der Waals surface area contributed by atoms with Gasteiger partial charge in [-0.25, -0.2) is 0 Å². The summed E-state index contributed by atoms with van der Waals surface area (Å²) in [5.74, 6) is 0.719. The highest BCUT2D eigenvalue weighted by Gasteiger charge is 2.13. The van der Waals surface area contributed by atoms with Crippen LogP contribution in [0.1, 0.15) is 19.4 Å². The monoisotopic (exact) mass is 328 g/mol. The van der Waals surface area contributed by atoms with Crippen molar-refractivity contribution in [3.05, 3.63) is 28.2 Å². The van der Waals surface area contributed by atoms with Crippen molar-refractivity contribution in [3.8, 4) is 5.75 Å². The number of benzene rings is 1. The molecule has 0 atom stereocenters. The minimum Gasteiger partial charge on any atom is -0.483 e. The maximum absolute atomic E-state index is 11.9. The van der Waals surface area contributed by atoms with Gasteiger partial charge in [0.05, 0.1) is 0 Å². The second-order valence-corrected chi connectivity index (χ2v) is 5.59. The van der Waals surface area contributed by atoms with Gasteiger partial charge in [-0.2, -0.15) is 0 Å². The molecule has 4 nitrogen and oxygen atoms in total. The summed E-state index contributed by atoms with van der Waals surface area (Å²) in [6.07, 6.45) is 0. The van der Waals surface area contributed by atoms with Crippen LogP contribution in [0.15, 0.2) is 22.7 Å². The molecule has 1 aromatic carbocycles. The third-order valence-corrected chi connectivity index (χ3v) is 3.40. The van der Waals surface area contributed by atoms with E-state index in [1.165, 1.54) is 0 Å². The predicted molar refractivity (Wildman–Crippen MR) is 80.3 cm³/mol. The molecule has 5 heteroatoms. The number of nitrogens with zero attached hydrogens (tertiary/aromatic N) is 1. The quantitative estimate of drug-likeness (QED) is 0.871. The Morgan fingerprint density at radius 1 is 1.47 bits per heavy atom. The molecule has 19 heavy (non-hydrogen) atoms. The van der Waals surface area contributed by atoms with Crippen LogP contribution in [0.3, 0.4) is 0 Å². The molecule has 0 bridgehead atoms. The van der Waals surface area contributed by atoms with Gasteiger partial charge in [0.15, 0.2) is 6.61 Å². The first-order chi connectivity index (χ1) is 8.95. The molecule has 0 aliphatic rings. The Bertz CT molecular complexity index is 435. The van der Waals surface area contributed by atoms with Crippen molar-refractivity contribution < 1.29 is 9.53 Å². The highest BCUT2D eigenvalue weighted by atomic mass is 79.9. The van der Waals surface area contributed by atoms with E-state index >= 15 is 0 Å². The van der Waals surface area contributed by atoms with Crippen molar-refractivity contribution in [3.63, 3.8) is 0 Å². The van der Waals surface area contributed by atoms with E-state index in [0.717, 1.165) is 15.8 Å². The number of likely N-dealkylation sites (N-methyl/N-ethyl adjacent to an activating group) is 1. The molecule has 0 unspecified atom stereocenters. The summed E-state index contributed by atoms with van der Waals surface area (Å²) >= 11 is 3.43. The number of ether oxygens (including phenoxy) is 1. The molecule has 1 N–H and O–H groups in total. The fraction of sp³-hybridized carbons (Fsp3) is 0.500. The van der Waals surface area contributed by atoms with Gasteiger partial charge in [-0.05, 0) is 39.1 Å². The zero-order chi connectivity index (χ0) is 14.4. The predicted octanol–water partition coefficient (Wildman–Crippen LogP) is 2.41. The van der Waals surface area contributed by atoms with Crippen molar-refractivity contribution in [2.75, 3.05) is 20.7 Å². The summed E-state index contributed by atoms with van der Waals surface area (Å²) in [6.45, 7) is 4.71. The lowest BCUT2D eigenvalue weighted by Gasteiger charge is -2.21. The summed E-state index contributed by atoms with van der Waals surface area (Å²) in [6, 6.07) is 5.95. The Labute approximate surface area is 123 Å². The fourth-order valence-corrected chi connectivity index (χ4v) is 1.96. The first-order valence-electron chi connectivity index (χ1n) is 6.27. The smallest absolute Gasteiger partial charge is 0.260 e. The van der Waals surface area contributed by atoms with Gasteiger partial charge in [-0.15, -0.1) is 0 Å². The summed E-state index contributed by atoms with van der Waals surface area (Å²) in [7, 11) is 3.66. The van der Waals surface area contributed by atoms with Crippen molar-refractivity contribution in [1.29, 1.82) is 0 Å². The van der Waals surface area contributed by atoms with Crippen molar-refractivity contribution in [2.24, 2.45) is 0 Å². The van der Waals surface area contributed by atoms with E-state index in [2.05, 4.69) is 21.2 Å². The largest absolute Gasteiger partial charge is 0.483 e. The Morgan fingerprint density at radius 2 is 2.16 bits per heavy atom.